The summed E-state index contributed by atoms with van der Waals surface area (Å²) in [6.45, 7) is 3.65. The zero-order valence-electron chi connectivity index (χ0n) is 7.89. The number of carbonyl (C=O) groups is 3. The van der Waals surface area contributed by atoms with Gasteiger partial charge in [0.05, 0.1) is 6.61 Å². The van der Waals surface area contributed by atoms with E-state index in [1.807, 2.05) is 0 Å². The molecule has 14 heavy (non-hydrogen) atoms. The van der Waals surface area contributed by atoms with E-state index in [1.54, 1.807) is 6.92 Å². The van der Waals surface area contributed by atoms with Crippen LogP contribution in [0.25, 0.3) is 0 Å². The predicted molar refractivity (Wildman–Crippen MR) is 46.7 cm³/mol. The van der Waals surface area contributed by atoms with Crippen LogP contribution in [0.3, 0.4) is 0 Å². The normalized spacial score (nSPS) is 8.71. The van der Waals surface area contributed by atoms with E-state index >= 15 is 0 Å². The molecule has 80 valence electrons. The van der Waals surface area contributed by atoms with Gasteiger partial charge in [-0.2, -0.15) is 0 Å². The number of aliphatic carboxylic acids is 2. The Morgan fingerprint density at radius 2 is 1.50 bits per heavy atom. The molecule has 0 saturated carbocycles. The lowest BCUT2D eigenvalue weighted by Gasteiger charge is -1.89. The molecular formula is C8H12O6. The van der Waals surface area contributed by atoms with E-state index in [2.05, 4.69) is 4.74 Å². The number of carboxylic acids is 2. The Morgan fingerprint density at radius 1 is 1.14 bits per heavy atom. The molecule has 0 aliphatic heterocycles. The first-order chi connectivity index (χ1) is 6.40. The van der Waals surface area contributed by atoms with Crippen LogP contribution in [-0.2, 0) is 19.1 Å². The first-order valence-corrected chi connectivity index (χ1v) is 3.67. The van der Waals surface area contributed by atoms with Gasteiger partial charge in [-0.1, -0.05) is 0 Å². The number of esters is 1. The molecule has 0 rings (SSSR count). The molecule has 6 heteroatoms. The van der Waals surface area contributed by atoms with E-state index in [0.717, 1.165) is 0 Å². The summed E-state index contributed by atoms with van der Waals surface area (Å²) in [6, 6.07) is 0. The van der Waals surface area contributed by atoms with Gasteiger partial charge >= 0.3 is 17.9 Å². The summed E-state index contributed by atoms with van der Waals surface area (Å²) in [5.41, 5.74) is 0. The monoisotopic (exact) mass is 204 g/mol. The van der Waals surface area contributed by atoms with Crippen molar-refractivity contribution in [1.29, 1.82) is 0 Å². The predicted octanol–water partition coefficient (Wildman–Crippen LogP) is 0.281. The lowest BCUT2D eigenvalue weighted by molar-refractivity contribution is -0.140. The molecule has 6 nitrogen and oxygen atoms in total. The average Bonchev–Trinajstić information content (AvgIpc) is 2.01. The highest BCUT2D eigenvalue weighted by molar-refractivity contribution is 5.89. The summed E-state index contributed by atoms with van der Waals surface area (Å²) < 4.78 is 4.40. The van der Waals surface area contributed by atoms with Gasteiger partial charge < -0.3 is 14.9 Å². The van der Waals surface area contributed by atoms with Crippen LogP contribution in [0, 0.1) is 0 Å². The SMILES string of the molecule is CCOC(C)=O.O=C(O)C=CC(=O)O. The minimum atomic E-state index is -1.26. The summed E-state index contributed by atoms with van der Waals surface area (Å²) in [5.74, 6) is -2.72. The molecule has 0 spiro atoms. The fourth-order valence-electron chi connectivity index (χ4n) is 0.346. The molecule has 0 atom stereocenters. The smallest absolute Gasteiger partial charge is 0.328 e. The molecule has 0 fully saturated rings. The molecule has 0 bridgehead atoms. The van der Waals surface area contributed by atoms with Crippen molar-refractivity contribution in [3.8, 4) is 0 Å². The highest BCUT2D eigenvalue weighted by Gasteiger charge is 1.88. The van der Waals surface area contributed by atoms with Gasteiger partial charge in [-0.3, -0.25) is 4.79 Å². The molecule has 0 radical (unpaired) electrons. The molecule has 2 N–H and O–H groups in total. The van der Waals surface area contributed by atoms with Crippen LogP contribution in [0.4, 0.5) is 0 Å². The lowest BCUT2D eigenvalue weighted by Crippen LogP contribution is -1.95. The van der Waals surface area contributed by atoms with E-state index in [9.17, 15) is 14.4 Å². The van der Waals surface area contributed by atoms with Crippen molar-refractivity contribution >= 4 is 17.9 Å². The van der Waals surface area contributed by atoms with Crippen molar-refractivity contribution in [2.45, 2.75) is 13.8 Å². The zero-order chi connectivity index (χ0) is 11.6. The van der Waals surface area contributed by atoms with Crippen molar-refractivity contribution in [2.24, 2.45) is 0 Å². The third-order valence-electron chi connectivity index (χ3n) is 0.716. The van der Waals surface area contributed by atoms with Crippen LogP contribution < -0.4 is 0 Å². The minimum absolute atomic E-state index is 0.211. The van der Waals surface area contributed by atoms with Gasteiger partial charge in [0, 0.05) is 19.1 Å². The summed E-state index contributed by atoms with van der Waals surface area (Å²) in [6.07, 6.45) is 1.12. The van der Waals surface area contributed by atoms with Gasteiger partial charge in [0.2, 0.25) is 0 Å². The molecule has 0 aromatic carbocycles. The van der Waals surface area contributed by atoms with Crippen molar-refractivity contribution in [1.82, 2.24) is 0 Å². The second-order valence-corrected chi connectivity index (χ2v) is 1.93. The molecule has 0 amide bonds. The Balaban J connectivity index is 0. The van der Waals surface area contributed by atoms with Crippen molar-refractivity contribution in [3.63, 3.8) is 0 Å². The minimum Gasteiger partial charge on any atom is -0.478 e. The third-order valence-corrected chi connectivity index (χ3v) is 0.716. The van der Waals surface area contributed by atoms with Crippen molar-refractivity contribution in [3.05, 3.63) is 12.2 Å². The molecule has 0 aliphatic rings. The first kappa shape index (κ1) is 14.7. The third kappa shape index (κ3) is 22.5. The standard InChI is InChI=1S/C4H4O4.C4H8O2/c5-3(6)1-2-4(7)8;1-3-6-4(2)5/h1-2H,(H,5,6)(H,7,8);3H2,1-2H3. The second-order valence-electron chi connectivity index (χ2n) is 1.93. The van der Waals surface area contributed by atoms with Gasteiger partial charge in [-0.15, -0.1) is 0 Å². The zero-order valence-corrected chi connectivity index (χ0v) is 7.89. The van der Waals surface area contributed by atoms with E-state index in [4.69, 9.17) is 10.2 Å². The van der Waals surface area contributed by atoms with Crippen LogP contribution >= 0.6 is 0 Å². The van der Waals surface area contributed by atoms with Crippen LogP contribution in [-0.4, -0.2) is 34.7 Å². The average molecular weight is 204 g/mol. The van der Waals surface area contributed by atoms with Gasteiger partial charge in [-0.25, -0.2) is 9.59 Å². The summed E-state index contributed by atoms with van der Waals surface area (Å²) in [4.78, 5) is 28.9. The Morgan fingerprint density at radius 3 is 1.57 bits per heavy atom. The van der Waals surface area contributed by atoms with Crippen LogP contribution in [0.2, 0.25) is 0 Å². The lowest BCUT2D eigenvalue weighted by atomic mass is 10.5. The van der Waals surface area contributed by atoms with E-state index in [0.29, 0.717) is 18.8 Å². The van der Waals surface area contributed by atoms with Crippen LogP contribution in [0.5, 0.6) is 0 Å². The number of ether oxygens (including phenoxy) is 1. The van der Waals surface area contributed by atoms with Crippen LogP contribution in [0.1, 0.15) is 13.8 Å². The Hall–Kier alpha value is -1.85. The van der Waals surface area contributed by atoms with Gasteiger partial charge in [0.15, 0.2) is 0 Å². The van der Waals surface area contributed by atoms with Crippen molar-refractivity contribution in [2.75, 3.05) is 6.61 Å². The highest BCUT2D eigenvalue weighted by atomic mass is 16.5. The summed E-state index contributed by atoms with van der Waals surface area (Å²) in [7, 11) is 0. The maximum atomic E-state index is 9.82. The Bertz CT molecular complexity index is 214. The fourth-order valence-corrected chi connectivity index (χ4v) is 0.346. The number of hydrogen-bond acceptors (Lipinski definition) is 4. The van der Waals surface area contributed by atoms with Gasteiger partial charge in [0.25, 0.3) is 0 Å². The van der Waals surface area contributed by atoms with E-state index < -0.39 is 11.9 Å². The summed E-state index contributed by atoms with van der Waals surface area (Å²) in [5, 5.41) is 15.6. The number of carbonyl (C=O) groups excluding carboxylic acids is 1. The topological polar surface area (TPSA) is 101 Å². The molecular weight excluding hydrogens is 192 g/mol. The van der Waals surface area contributed by atoms with E-state index in [-0.39, 0.29) is 5.97 Å². The Labute approximate surface area is 80.8 Å². The van der Waals surface area contributed by atoms with Crippen molar-refractivity contribution < 1.29 is 29.3 Å². The number of rotatable bonds is 3. The fraction of sp³-hybridized carbons (Fsp3) is 0.375. The molecule has 0 heterocycles. The number of hydrogen-bond donors (Lipinski definition) is 2. The molecule has 0 aliphatic carbocycles. The molecule has 0 aromatic heterocycles. The maximum Gasteiger partial charge on any atom is 0.328 e. The van der Waals surface area contributed by atoms with Gasteiger partial charge in [-0.05, 0) is 6.92 Å². The number of carboxylic acid groups (broad SMARTS) is 2. The maximum absolute atomic E-state index is 9.82. The molecule has 0 unspecified atom stereocenters. The first-order valence-electron chi connectivity index (χ1n) is 3.67. The highest BCUT2D eigenvalue weighted by Crippen LogP contribution is 1.70. The second kappa shape index (κ2) is 9.24. The molecule has 0 saturated heterocycles. The Kier molecular flexibility index (Phi) is 9.68. The summed E-state index contributed by atoms with van der Waals surface area (Å²) >= 11 is 0. The van der Waals surface area contributed by atoms with Crippen LogP contribution in [0.15, 0.2) is 12.2 Å². The molecule has 0 aromatic rings. The quantitative estimate of drug-likeness (QED) is 0.505. The largest absolute Gasteiger partial charge is 0.478 e. The van der Waals surface area contributed by atoms with Gasteiger partial charge in [0.1, 0.15) is 0 Å². The van der Waals surface area contributed by atoms with E-state index in [1.165, 1.54) is 6.92 Å².